The normalized spacial score (nSPS) is 10.6. The topological polar surface area (TPSA) is 116 Å². The number of methoxy groups -OCH3 is 2. The number of benzene rings is 3. The third kappa shape index (κ3) is 4.66. The molecule has 1 aromatic heterocycles. The van der Waals surface area contributed by atoms with E-state index in [1.54, 1.807) is 30.3 Å². The molecular formula is C26H24N4O4. The van der Waals surface area contributed by atoms with Gasteiger partial charge in [-0.15, -0.1) is 0 Å². The minimum Gasteiger partial charge on any atom is -0.496 e. The number of rotatable bonds is 9. The summed E-state index contributed by atoms with van der Waals surface area (Å²) in [5, 5.41) is 3.99. The first kappa shape index (κ1) is 22.7. The second kappa shape index (κ2) is 9.99. The lowest BCUT2D eigenvalue weighted by Crippen LogP contribution is -2.12. The number of hydrogen-bond acceptors (Lipinski definition) is 7. The quantitative estimate of drug-likeness (QED) is 0.368. The van der Waals surface area contributed by atoms with Gasteiger partial charge in [-0.25, -0.2) is 9.97 Å². The second-order valence-electron chi connectivity index (χ2n) is 7.60. The van der Waals surface area contributed by atoms with E-state index in [0.717, 1.165) is 11.1 Å². The van der Waals surface area contributed by atoms with Crippen molar-refractivity contribution in [3.8, 4) is 11.5 Å². The molecule has 0 unspecified atom stereocenters. The van der Waals surface area contributed by atoms with E-state index in [0.29, 0.717) is 45.9 Å². The Morgan fingerprint density at radius 1 is 0.912 bits per heavy atom. The highest BCUT2D eigenvalue weighted by atomic mass is 16.5. The van der Waals surface area contributed by atoms with Crippen LogP contribution >= 0.6 is 0 Å². The van der Waals surface area contributed by atoms with Crippen molar-refractivity contribution < 1.29 is 19.1 Å². The molecule has 4 aromatic rings. The molecule has 8 nitrogen and oxygen atoms in total. The minimum atomic E-state index is -0.542. The van der Waals surface area contributed by atoms with Gasteiger partial charge >= 0.3 is 0 Å². The van der Waals surface area contributed by atoms with Gasteiger partial charge in [0.1, 0.15) is 29.2 Å². The fourth-order valence-electron chi connectivity index (χ4n) is 3.86. The van der Waals surface area contributed by atoms with Crippen molar-refractivity contribution in [3.05, 3.63) is 89.2 Å². The average molecular weight is 457 g/mol. The Kier molecular flexibility index (Phi) is 6.68. The number of aromatic nitrogens is 2. The minimum absolute atomic E-state index is 0.0971. The molecule has 0 radical (unpaired) electrons. The summed E-state index contributed by atoms with van der Waals surface area (Å²) < 4.78 is 10.7. The maximum absolute atomic E-state index is 13.1. The number of ether oxygens (including phenoxy) is 2. The lowest BCUT2D eigenvalue weighted by atomic mass is 10.00. The Bertz CT molecular complexity index is 1350. The maximum Gasteiger partial charge on any atom is 0.250 e. The molecule has 1 heterocycles. The van der Waals surface area contributed by atoms with Gasteiger partial charge in [0.15, 0.2) is 5.78 Å². The van der Waals surface area contributed by atoms with Crippen LogP contribution in [0.3, 0.4) is 0 Å². The predicted octanol–water partition coefficient (Wildman–Crippen LogP) is 3.78. The van der Waals surface area contributed by atoms with Crippen LogP contribution < -0.4 is 20.5 Å². The zero-order valence-corrected chi connectivity index (χ0v) is 18.9. The number of Topliss-reactive ketones (excluding diaryl/α,β-unsaturated/α-hetero) is 1. The maximum atomic E-state index is 13.1. The van der Waals surface area contributed by atoms with Crippen LogP contribution in [0.2, 0.25) is 0 Å². The van der Waals surface area contributed by atoms with E-state index < -0.39 is 5.91 Å². The summed E-state index contributed by atoms with van der Waals surface area (Å²) in [5.74, 6) is 0.911. The number of para-hydroxylation sites is 1. The summed E-state index contributed by atoms with van der Waals surface area (Å²) in [4.78, 5) is 33.3. The Labute approximate surface area is 196 Å². The summed E-state index contributed by atoms with van der Waals surface area (Å²) in [5.41, 5.74) is 8.56. The number of carbonyl (C=O) groups is 2. The van der Waals surface area contributed by atoms with Gasteiger partial charge in [0.25, 0.3) is 5.91 Å². The summed E-state index contributed by atoms with van der Waals surface area (Å²) in [7, 11) is 3.06. The number of amides is 1. The predicted molar refractivity (Wildman–Crippen MR) is 129 cm³/mol. The molecule has 0 spiro atoms. The molecule has 0 saturated heterocycles. The van der Waals surface area contributed by atoms with Crippen LogP contribution in [0.4, 0.5) is 5.82 Å². The molecule has 0 aliphatic carbocycles. The largest absolute Gasteiger partial charge is 0.496 e. The number of primary amides is 1. The van der Waals surface area contributed by atoms with Gasteiger partial charge in [-0.2, -0.15) is 0 Å². The number of nitrogens with two attached hydrogens (primary N) is 1. The monoisotopic (exact) mass is 456 g/mol. The van der Waals surface area contributed by atoms with Gasteiger partial charge in [-0.05, 0) is 35.4 Å². The molecule has 8 heteroatoms. The van der Waals surface area contributed by atoms with Crippen molar-refractivity contribution in [1.82, 2.24) is 9.97 Å². The third-order valence-corrected chi connectivity index (χ3v) is 5.45. The molecule has 0 saturated carbocycles. The molecular weight excluding hydrogens is 432 g/mol. The third-order valence-electron chi connectivity index (χ3n) is 5.45. The van der Waals surface area contributed by atoms with E-state index >= 15 is 0 Å². The van der Waals surface area contributed by atoms with Crippen LogP contribution in [0.5, 0.6) is 11.5 Å². The Hall–Kier alpha value is -4.46. The van der Waals surface area contributed by atoms with Crippen molar-refractivity contribution >= 4 is 28.4 Å². The summed E-state index contributed by atoms with van der Waals surface area (Å²) >= 11 is 0. The number of nitrogens with one attached hydrogen (secondary N) is 1. The highest BCUT2D eigenvalue weighted by Gasteiger charge is 2.18. The van der Waals surface area contributed by atoms with Crippen LogP contribution in [0.1, 0.15) is 31.8 Å². The van der Waals surface area contributed by atoms with Crippen LogP contribution in [-0.4, -0.2) is 35.9 Å². The van der Waals surface area contributed by atoms with E-state index in [9.17, 15) is 9.59 Å². The Morgan fingerprint density at radius 3 is 2.29 bits per heavy atom. The van der Waals surface area contributed by atoms with Crippen LogP contribution in [0.25, 0.3) is 10.9 Å². The molecule has 1 amide bonds. The number of hydrogen-bond donors (Lipinski definition) is 2. The zero-order valence-electron chi connectivity index (χ0n) is 18.9. The molecule has 3 N–H and O–H groups in total. The van der Waals surface area contributed by atoms with Crippen LogP contribution in [0.15, 0.2) is 67.0 Å². The molecule has 0 aliphatic rings. The van der Waals surface area contributed by atoms with E-state index in [1.165, 1.54) is 20.5 Å². The average Bonchev–Trinajstić information content (AvgIpc) is 2.86. The molecule has 0 bridgehead atoms. The van der Waals surface area contributed by atoms with Gasteiger partial charge in [-0.1, -0.05) is 36.4 Å². The number of nitrogens with zero attached hydrogens (tertiary/aromatic N) is 2. The molecule has 0 fully saturated rings. The van der Waals surface area contributed by atoms with Crippen LogP contribution in [-0.2, 0) is 13.0 Å². The standard InChI is InChI=1S/C26H24N4O4/c1-33-21-10-5-11-22(34-2)23(21)20(31)13-16-6-3-7-17(12-16)14-28-26-19-9-4-8-18(25(27)32)24(19)29-15-30-26/h3-12,15H,13-14H2,1-2H3,(H2,27,32)(H,28,29,30). The molecule has 3 aromatic carbocycles. The number of anilines is 1. The van der Waals surface area contributed by atoms with Crippen molar-refractivity contribution in [2.75, 3.05) is 19.5 Å². The SMILES string of the molecule is COc1cccc(OC)c1C(=O)Cc1cccc(CNc2ncnc3c(C(N)=O)cccc23)c1. The second-order valence-corrected chi connectivity index (χ2v) is 7.60. The van der Waals surface area contributed by atoms with E-state index in [4.69, 9.17) is 15.2 Å². The lowest BCUT2D eigenvalue weighted by Gasteiger charge is -2.13. The van der Waals surface area contributed by atoms with Gasteiger partial charge in [0.05, 0.1) is 25.3 Å². The van der Waals surface area contributed by atoms with E-state index in [-0.39, 0.29) is 12.2 Å². The van der Waals surface area contributed by atoms with Crippen molar-refractivity contribution in [3.63, 3.8) is 0 Å². The van der Waals surface area contributed by atoms with Crippen LogP contribution in [0, 0.1) is 0 Å². The van der Waals surface area contributed by atoms with Gasteiger partial charge in [0, 0.05) is 18.4 Å². The summed E-state index contributed by atoms with van der Waals surface area (Å²) in [6.45, 7) is 0.465. The molecule has 0 atom stereocenters. The lowest BCUT2D eigenvalue weighted by molar-refractivity contribution is 0.0983. The molecule has 34 heavy (non-hydrogen) atoms. The van der Waals surface area contributed by atoms with Gasteiger partial charge < -0.3 is 20.5 Å². The Balaban J connectivity index is 1.53. The summed E-state index contributed by atoms with van der Waals surface area (Å²) in [6, 6.07) is 18.2. The van der Waals surface area contributed by atoms with Crippen molar-refractivity contribution in [2.24, 2.45) is 5.73 Å². The Morgan fingerprint density at radius 2 is 1.59 bits per heavy atom. The number of fused-ring (bicyclic) bond motifs is 1. The molecule has 172 valence electrons. The molecule has 4 rings (SSSR count). The number of carbonyl (C=O) groups excluding carboxylic acids is 2. The van der Waals surface area contributed by atoms with Gasteiger partial charge in [-0.3, -0.25) is 9.59 Å². The highest BCUT2D eigenvalue weighted by Crippen LogP contribution is 2.30. The summed E-state index contributed by atoms with van der Waals surface area (Å²) in [6.07, 6.45) is 1.59. The smallest absolute Gasteiger partial charge is 0.250 e. The first-order chi connectivity index (χ1) is 16.5. The fraction of sp³-hybridized carbons (Fsp3) is 0.154. The van der Waals surface area contributed by atoms with E-state index in [1.807, 2.05) is 30.3 Å². The van der Waals surface area contributed by atoms with Crippen molar-refractivity contribution in [1.29, 1.82) is 0 Å². The first-order valence-electron chi connectivity index (χ1n) is 10.6. The van der Waals surface area contributed by atoms with Crippen molar-refractivity contribution in [2.45, 2.75) is 13.0 Å². The van der Waals surface area contributed by atoms with Gasteiger partial charge in [0.2, 0.25) is 0 Å². The zero-order chi connectivity index (χ0) is 24.1. The highest BCUT2D eigenvalue weighted by molar-refractivity contribution is 6.07. The number of ketones is 1. The fourth-order valence-corrected chi connectivity index (χ4v) is 3.86. The molecule has 0 aliphatic heterocycles. The van der Waals surface area contributed by atoms with E-state index in [2.05, 4.69) is 15.3 Å². The first-order valence-corrected chi connectivity index (χ1v) is 10.6.